The molecule has 0 saturated heterocycles. The molecule has 0 saturated carbocycles. The highest BCUT2D eigenvalue weighted by atomic mass is 79.9. The molecule has 0 unspecified atom stereocenters. The van der Waals surface area contributed by atoms with E-state index >= 15 is 0 Å². The molecular weight excluding hydrogens is 382 g/mol. The molecule has 0 aliphatic heterocycles. The van der Waals surface area contributed by atoms with Crippen LogP contribution in [0.5, 0.6) is 0 Å². The Kier molecular flexibility index (Phi) is 3.77. The average Bonchev–Trinajstić information content (AvgIpc) is 2.82. The Labute approximate surface area is 141 Å². The summed E-state index contributed by atoms with van der Waals surface area (Å²) in [6.07, 6.45) is 0. The van der Waals surface area contributed by atoms with Gasteiger partial charge in [0.05, 0.1) is 14.9 Å². The molecule has 0 fully saturated rings. The summed E-state index contributed by atoms with van der Waals surface area (Å²) in [5.41, 5.74) is 0.921. The molecule has 1 heterocycles. The number of fused-ring (bicyclic) bond motifs is 1. The molecule has 0 radical (unpaired) electrons. The number of aryl methyl sites for hydroxylation is 1. The molecule has 2 aromatic carbocycles. The van der Waals surface area contributed by atoms with E-state index in [0.717, 1.165) is 9.54 Å². The minimum atomic E-state index is -4.03. The van der Waals surface area contributed by atoms with Gasteiger partial charge >= 0.3 is 5.97 Å². The molecular formula is C16H12BrNO4S. The number of rotatable bonds is 3. The van der Waals surface area contributed by atoms with Gasteiger partial charge in [-0.05, 0) is 41.1 Å². The lowest BCUT2D eigenvalue weighted by molar-refractivity contribution is 0.0688. The Hall–Kier alpha value is -2.12. The minimum absolute atomic E-state index is 0.0406. The second-order valence-electron chi connectivity index (χ2n) is 5.07. The van der Waals surface area contributed by atoms with Crippen molar-refractivity contribution >= 4 is 42.8 Å². The molecule has 1 N–H and O–H groups in total. The van der Waals surface area contributed by atoms with Crippen LogP contribution in [0.25, 0.3) is 10.9 Å². The Bertz CT molecular complexity index is 1020. The summed E-state index contributed by atoms with van der Waals surface area (Å²) in [7, 11) is -4.03. The zero-order chi connectivity index (χ0) is 16.8. The molecule has 0 amide bonds. The SMILES string of the molecule is Cc1ccc(S(=O)(=O)n2c(C(=O)O)c(Br)c3ccccc32)cc1. The van der Waals surface area contributed by atoms with E-state index in [2.05, 4.69) is 15.9 Å². The van der Waals surface area contributed by atoms with Gasteiger partial charge in [0.2, 0.25) is 0 Å². The lowest BCUT2D eigenvalue weighted by Gasteiger charge is -2.10. The van der Waals surface area contributed by atoms with E-state index in [1.165, 1.54) is 12.1 Å². The third-order valence-electron chi connectivity index (χ3n) is 3.53. The van der Waals surface area contributed by atoms with Gasteiger partial charge in [-0.2, -0.15) is 0 Å². The molecule has 5 nitrogen and oxygen atoms in total. The Morgan fingerprint density at radius 1 is 1.09 bits per heavy atom. The van der Waals surface area contributed by atoms with Crippen molar-refractivity contribution in [2.45, 2.75) is 11.8 Å². The molecule has 0 atom stereocenters. The summed E-state index contributed by atoms with van der Waals surface area (Å²) in [4.78, 5) is 11.7. The fraction of sp³-hybridized carbons (Fsp3) is 0.0625. The van der Waals surface area contributed by atoms with Crippen molar-refractivity contribution in [3.05, 3.63) is 64.3 Å². The second kappa shape index (κ2) is 5.50. The van der Waals surface area contributed by atoms with Crippen LogP contribution in [0.3, 0.4) is 0 Å². The number of hydrogen-bond acceptors (Lipinski definition) is 3. The summed E-state index contributed by atoms with van der Waals surface area (Å²) in [5.74, 6) is -1.32. The number of benzene rings is 2. The van der Waals surface area contributed by atoms with Crippen molar-refractivity contribution in [2.75, 3.05) is 0 Å². The zero-order valence-corrected chi connectivity index (χ0v) is 14.4. The number of hydrogen-bond donors (Lipinski definition) is 1. The standard InChI is InChI=1S/C16H12BrNO4S/c1-10-6-8-11(9-7-10)23(21,22)18-13-5-3-2-4-12(13)14(17)15(18)16(19)20/h2-9H,1H3,(H,19,20). The number of para-hydroxylation sites is 1. The summed E-state index contributed by atoms with van der Waals surface area (Å²) in [5, 5.41) is 10.0. The normalized spacial score (nSPS) is 11.7. The third kappa shape index (κ3) is 2.46. The van der Waals surface area contributed by atoms with Crippen molar-refractivity contribution in [3.63, 3.8) is 0 Å². The summed E-state index contributed by atoms with van der Waals surface area (Å²) < 4.78 is 27.1. The van der Waals surface area contributed by atoms with E-state index in [0.29, 0.717) is 10.9 Å². The van der Waals surface area contributed by atoms with Crippen LogP contribution < -0.4 is 0 Å². The number of aromatic carboxylic acids is 1. The maximum absolute atomic E-state index is 13.0. The van der Waals surface area contributed by atoms with Gasteiger partial charge in [-0.1, -0.05) is 35.9 Å². The van der Waals surface area contributed by atoms with Crippen molar-refractivity contribution in [1.29, 1.82) is 0 Å². The number of aromatic nitrogens is 1. The van der Waals surface area contributed by atoms with Gasteiger partial charge in [0, 0.05) is 5.39 Å². The van der Waals surface area contributed by atoms with E-state index in [1.54, 1.807) is 36.4 Å². The molecule has 0 aliphatic carbocycles. The highest BCUT2D eigenvalue weighted by Gasteiger charge is 2.29. The zero-order valence-electron chi connectivity index (χ0n) is 12.0. The van der Waals surface area contributed by atoms with Gasteiger partial charge in [-0.15, -0.1) is 0 Å². The van der Waals surface area contributed by atoms with E-state index in [-0.39, 0.29) is 15.1 Å². The molecule has 7 heteroatoms. The van der Waals surface area contributed by atoms with Crippen LogP contribution in [0.2, 0.25) is 0 Å². The number of carbonyl (C=O) groups is 1. The van der Waals surface area contributed by atoms with Crippen LogP contribution in [-0.2, 0) is 10.0 Å². The van der Waals surface area contributed by atoms with Gasteiger partial charge in [0.25, 0.3) is 10.0 Å². The Morgan fingerprint density at radius 2 is 1.70 bits per heavy atom. The minimum Gasteiger partial charge on any atom is -0.477 e. The molecule has 0 spiro atoms. The van der Waals surface area contributed by atoms with Crippen molar-refractivity contribution < 1.29 is 18.3 Å². The molecule has 3 aromatic rings. The van der Waals surface area contributed by atoms with Crippen molar-refractivity contribution in [2.24, 2.45) is 0 Å². The first kappa shape index (κ1) is 15.8. The first-order valence-corrected chi connectivity index (χ1v) is 8.92. The van der Waals surface area contributed by atoms with E-state index < -0.39 is 16.0 Å². The number of halogens is 1. The molecule has 0 aliphatic rings. The van der Waals surface area contributed by atoms with E-state index in [1.807, 2.05) is 6.92 Å². The topological polar surface area (TPSA) is 76.4 Å². The maximum atomic E-state index is 13.0. The first-order valence-electron chi connectivity index (χ1n) is 6.68. The summed E-state index contributed by atoms with van der Waals surface area (Å²) >= 11 is 3.21. The lowest BCUT2D eigenvalue weighted by atomic mass is 10.2. The van der Waals surface area contributed by atoms with Crippen LogP contribution in [0.4, 0.5) is 0 Å². The lowest BCUT2D eigenvalue weighted by Crippen LogP contribution is -2.18. The van der Waals surface area contributed by atoms with Gasteiger partial charge in [0.15, 0.2) is 5.69 Å². The molecule has 118 valence electrons. The predicted octanol–water partition coefficient (Wildman–Crippen LogP) is 3.65. The fourth-order valence-electron chi connectivity index (χ4n) is 2.42. The van der Waals surface area contributed by atoms with Gasteiger partial charge in [-0.3, -0.25) is 0 Å². The van der Waals surface area contributed by atoms with E-state index in [9.17, 15) is 18.3 Å². The predicted molar refractivity (Wildman–Crippen MR) is 90.4 cm³/mol. The highest BCUT2D eigenvalue weighted by Crippen LogP contribution is 2.34. The van der Waals surface area contributed by atoms with Gasteiger partial charge in [0.1, 0.15) is 0 Å². The summed E-state index contributed by atoms with van der Waals surface area (Å²) in [6, 6.07) is 12.9. The smallest absolute Gasteiger partial charge is 0.354 e. The Morgan fingerprint density at radius 3 is 2.30 bits per heavy atom. The fourth-order valence-corrected chi connectivity index (χ4v) is 4.74. The monoisotopic (exact) mass is 393 g/mol. The number of nitrogens with zero attached hydrogens (tertiary/aromatic N) is 1. The van der Waals surface area contributed by atoms with Crippen molar-refractivity contribution in [3.8, 4) is 0 Å². The molecule has 3 rings (SSSR count). The average molecular weight is 394 g/mol. The number of carboxylic acids is 1. The summed E-state index contributed by atoms with van der Waals surface area (Å²) in [6.45, 7) is 1.85. The highest BCUT2D eigenvalue weighted by molar-refractivity contribution is 9.10. The van der Waals surface area contributed by atoms with Crippen molar-refractivity contribution in [1.82, 2.24) is 3.97 Å². The van der Waals surface area contributed by atoms with E-state index in [4.69, 9.17) is 0 Å². The molecule has 1 aromatic heterocycles. The molecule has 23 heavy (non-hydrogen) atoms. The Balaban J connectivity index is 2.41. The maximum Gasteiger partial charge on any atom is 0.354 e. The first-order chi connectivity index (χ1) is 10.8. The van der Waals surface area contributed by atoms with Crippen LogP contribution in [0, 0.1) is 6.92 Å². The number of carboxylic acid groups (broad SMARTS) is 1. The van der Waals surface area contributed by atoms with Crippen LogP contribution >= 0.6 is 15.9 Å². The van der Waals surface area contributed by atoms with Crippen LogP contribution in [-0.4, -0.2) is 23.5 Å². The van der Waals surface area contributed by atoms with Gasteiger partial charge in [-0.25, -0.2) is 17.2 Å². The van der Waals surface area contributed by atoms with Crippen LogP contribution in [0.1, 0.15) is 16.1 Å². The largest absolute Gasteiger partial charge is 0.477 e. The second-order valence-corrected chi connectivity index (χ2v) is 7.65. The van der Waals surface area contributed by atoms with Crippen LogP contribution in [0.15, 0.2) is 57.9 Å². The molecule has 0 bridgehead atoms. The van der Waals surface area contributed by atoms with Gasteiger partial charge < -0.3 is 5.11 Å². The third-order valence-corrected chi connectivity index (χ3v) is 6.06. The quantitative estimate of drug-likeness (QED) is 0.736.